The highest BCUT2D eigenvalue weighted by Crippen LogP contribution is 2.26. The highest BCUT2D eigenvalue weighted by molar-refractivity contribution is 7.92. The summed E-state index contributed by atoms with van der Waals surface area (Å²) in [6.45, 7) is 1.92. The number of halogens is 1. The Hall–Kier alpha value is -1.63. The summed E-state index contributed by atoms with van der Waals surface area (Å²) in [7, 11) is -3.62. The van der Waals surface area contributed by atoms with Crippen LogP contribution in [0.15, 0.2) is 47.4 Å². The van der Waals surface area contributed by atoms with Crippen LogP contribution in [0, 0.1) is 6.92 Å². The molecule has 3 aromatic rings. The molecular formula is C14H11ClN2O2S2. The third-order valence-corrected chi connectivity index (χ3v) is 5.45. The SMILES string of the molecule is Cc1nc2ccc(NS(=O)(=O)c3ccc(Cl)cc3)cc2s1. The molecule has 0 amide bonds. The second-order valence-corrected chi connectivity index (χ2v) is 7.83. The Morgan fingerprint density at radius 2 is 1.86 bits per heavy atom. The van der Waals surface area contributed by atoms with Gasteiger partial charge in [0.2, 0.25) is 0 Å². The highest BCUT2D eigenvalue weighted by Gasteiger charge is 2.14. The van der Waals surface area contributed by atoms with Crippen molar-refractivity contribution < 1.29 is 8.42 Å². The van der Waals surface area contributed by atoms with Crippen LogP contribution in [0.4, 0.5) is 5.69 Å². The van der Waals surface area contributed by atoms with E-state index in [4.69, 9.17) is 11.6 Å². The molecule has 3 rings (SSSR count). The standard InChI is InChI=1S/C14H11ClN2O2S2/c1-9-16-13-7-4-11(8-14(13)20-9)17-21(18,19)12-5-2-10(15)3-6-12/h2-8,17H,1H3. The lowest BCUT2D eigenvalue weighted by Crippen LogP contribution is -2.12. The number of aromatic nitrogens is 1. The molecule has 108 valence electrons. The number of hydrogen-bond donors (Lipinski definition) is 1. The van der Waals surface area contributed by atoms with E-state index in [1.165, 1.54) is 23.5 Å². The van der Waals surface area contributed by atoms with Crippen LogP contribution in [0.3, 0.4) is 0 Å². The number of anilines is 1. The fourth-order valence-electron chi connectivity index (χ4n) is 1.93. The molecule has 2 aromatic carbocycles. The Kier molecular flexibility index (Phi) is 3.61. The predicted molar refractivity (Wildman–Crippen MR) is 86.6 cm³/mol. The number of thiazole rings is 1. The van der Waals surface area contributed by atoms with Gasteiger partial charge < -0.3 is 0 Å². The van der Waals surface area contributed by atoms with Gasteiger partial charge in [0.15, 0.2) is 0 Å². The van der Waals surface area contributed by atoms with Crippen LogP contribution in [0.5, 0.6) is 0 Å². The topological polar surface area (TPSA) is 59.1 Å². The minimum Gasteiger partial charge on any atom is -0.280 e. The number of fused-ring (bicyclic) bond motifs is 1. The van der Waals surface area contributed by atoms with Crippen LogP contribution in [-0.4, -0.2) is 13.4 Å². The molecule has 21 heavy (non-hydrogen) atoms. The third kappa shape index (κ3) is 3.02. The van der Waals surface area contributed by atoms with E-state index in [0.717, 1.165) is 15.2 Å². The van der Waals surface area contributed by atoms with E-state index in [1.54, 1.807) is 30.3 Å². The molecule has 0 spiro atoms. The first-order valence-electron chi connectivity index (χ1n) is 6.10. The molecule has 1 N–H and O–H groups in total. The second kappa shape index (κ2) is 5.29. The van der Waals surface area contributed by atoms with Crippen LogP contribution in [-0.2, 0) is 10.0 Å². The molecule has 1 heterocycles. The van der Waals surface area contributed by atoms with Gasteiger partial charge in [0, 0.05) is 5.02 Å². The Balaban J connectivity index is 1.94. The molecule has 0 unspecified atom stereocenters. The van der Waals surface area contributed by atoms with Gasteiger partial charge in [0.25, 0.3) is 10.0 Å². The first-order valence-corrected chi connectivity index (χ1v) is 8.77. The zero-order valence-electron chi connectivity index (χ0n) is 11.0. The lowest BCUT2D eigenvalue weighted by molar-refractivity contribution is 0.601. The lowest BCUT2D eigenvalue weighted by Gasteiger charge is -2.08. The smallest absolute Gasteiger partial charge is 0.261 e. The average molecular weight is 339 g/mol. The summed E-state index contributed by atoms with van der Waals surface area (Å²) in [5, 5.41) is 1.44. The number of nitrogens with zero attached hydrogens (tertiary/aromatic N) is 1. The van der Waals surface area contributed by atoms with Crippen molar-refractivity contribution in [2.75, 3.05) is 4.72 Å². The van der Waals surface area contributed by atoms with E-state index in [-0.39, 0.29) is 4.90 Å². The average Bonchev–Trinajstić information content (AvgIpc) is 2.78. The van der Waals surface area contributed by atoms with E-state index >= 15 is 0 Å². The van der Waals surface area contributed by atoms with Gasteiger partial charge in [-0.2, -0.15) is 0 Å². The molecule has 0 saturated heterocycles. The molecule has 0 aliphatic heterocycles. The number of benzene rings is 2. The van der Waals surface area contributed by atoms with Gasteiger partial charge in [-0.1, -0.05) is 11.6 Å². The molecule has 0 bridgehead atoms. The van der Waals surface area contributed by atoms with Crippen LogP contribution in [0.2, 0.25) is 5.02 Å². The van der Waals surface area contributed by atoms with E-state index in [9.17, 15) is 8.42 Å². The first-order chi connectivity index (χ1) is 9.94. The van der Waals surface area contributed by atoms with E-state index in [0.29, 0.717) is 10.7 Å². The summed E-state index contributed by atoms with van der Waals surface area (Å²) in [5.41, 5.74) is 1.38. The fourth-order valence-corrected chi connectivity index (χ4v) is 3.97. The van der Waals surface area contributed by atoms with Gasteiger partial charge in [0.1, 0.15) is 0 Å². The Morgan fingerprint density at radius 3 is 2.57 bits per heavy atom. The zero-order valence-corrected chi connectivity index (χ0v) is 13.4. The normalized spacial score (nSPS) is 11.7. The number of nitrogens with one attached hydrogen (secondary N) is 1. The van der Waals surface area contributed by atoms with Crippen molar-refractivity contribution in [1.29, 1.82) is 0 Å². The van der Waals surface area contributed by atoms with Crippen LogP contribution in [0.25, 0.3) is 10.2 Å². The van der Waals surface area contributed by atoms with Crippen molar-refractivity contribution in [3.05, 3.63) is 52.5 Å². The third-order valence-electron chi connectivity index (χ3n) is 2.87. The van der Waals surface area contributed by atoms with Gasteiger partial charge in [-0.15, -0.1) is 11.3 Å². The van der Waals surface area contributed by atoms with Gasteiger partial charge in [-0.3, -0.25) is 4.72 Å². The minimum atomic E-state index is -3.62. The molecule has 1 aromatic heterocycles. The van der Waals surface area contributed by atoms with Crippen LogP contribution < -0.4 is 4.72 Å². The molecule has 0 aliphatic carbocycles. The van der Waals surface area contributed by atoms with Crippen molar-refractivity contribution in [3.63, 3.8) is 0 Å². The zero-order chi connectivity index (χ0) is 15.0. The quantitative estimate of drug-likeness (QED) is 0.783. The summed E-state index contributed by atoms with van der Waals surface area (Å²) >= 11 is 7.30. The Bertz CT molecular complexity index is 902. The molecule has 7 heteroatoms. The summed E-state index contributed by atoms with van der Waals surface area (Å²) in [4.78, 5) is 4.52. The van der Waals surface area contributed by atoms with Crippen molar-refractivity contribution in [3.8, 4) is 0 Å². The minimum absolute atomic E-state index is 0.174. The van der Waals surface area contributed by atoms with Gasteiger partial charge >= 0.3 is 0 Å². The van der Waals surface area contributed by atoms with E-state index < -0.39 is 10.0 Å². The molecule has 0 saturated carbocycles. The van der Waals surface area contributed by atoms with Crippen molar-refractivity contribution >= 4 is 48.9 Å². The van der Waals surface area contributed by atoms with Crippen molar-refractivity contribution in [1.82, 2.24) is 4.98 Å². The van der Waals surface area contributed by atoms with Gasteiger partial charge in [-0.25, -0.2) is 13.4 Å². The maximum atomic E-state index is 12.3. The maximum Gasteiger partial charge on any atom is 0.261 e. The molecule has 0 aliphatic rings. The van der Waals surface area contributed by atoms with E-state index in [1.807, 2.05) is 6.92 Å². The summed E-state index contributed by atoms with van der Waals surface area (Å²) < 4.78 is 28.1. The maximum absolute atomic E-state index is 12.3. The molecule has 0 atom stereocenters. The van der Waals surface area contributed by atoms with Crippen molar-refractivity contribution in [2.45, 2.75) is 11.8 Å². The number of hydrogen-bond acceptors (Lipinski definition) is 4. The molecule has 0 radical (unpaired) electrons. The van der Waals surface area contributed by atoms with Crippen LogP contribution >= 0.6 is 22.9 Å². The number of rotatable bonds is 3. The summed E-state index contributed by atoms with van der Waals surface area (Å²) in [6.07, 6.45) is 0. The second-order valence-electron chi connectivity index (χ2n) is 4.47. The molecule has 4 nitrogen and oxygen atoms in total. The summed E-state index contributed by atoms with van der Waals surface area (Å²) in [5.74, 6) is 0. The lowest BCUT2D eigenvalue weighted by atomic mass is 10.3. The Morgan fingerprint density at radius 1 is 1.14 bits per heavy atom. The summed E-state index contributed by atoms with van der Waals surface area (Å²) in [6, 6.07) is 11.3. The number of sulfonamides is 1. The highest BCUT2D eigenvalue weighted by atomic mass is 35.5. The largest absolute Gasteiger partial charge is 0.280 e. The molecule has 0 fully saturated rings. The van der Waals surface area contributed by atoms with Crippen LogP contribution in [0.1, 0.15) is 5.01 Å². The number of aryl methyl sites for hydroxylation is 1. The van der Waals surface area contributed by atoms with Gasteiger partial charge in [0.05, 0.1) is 25.8 Å². The predicted octanol–water partition coefficient (Wildman–Crippen LogP) is 4.06. The fraction of sp³-hybridized carbons (Fsp3) is 0.0714. The molecular weight excluding hydrogens is 328 g/mol. The first kappa shape index (κ1) is 14.3. The Labute approximate surface area is 131 Å². The van der Waals surface area contributed by atoms with Crippen molar-refractivity contribution in [2.24, 2.45) is 0 Å². The monoisotopic (exact) mass is 338 g/mol. The van der Waals surface area contributed by atoms with E-state index in [2.05, 4.69) is 9.71 Å². The van der Waals surface area contributed by atoms with Gasteiger partial charge in [-0.05, 0) is 49.4 Å².